The average molecular weight is 337 g/mol. The van der Waals surface area contributed by atoms with Crippen LogP contribution in [0.4, 0.5) is 0 Å². The zero-order valence-electron chi connectivity index (χ0n) is 15.1. The zero-order chi connectivity index (χ0) is 17.1. The number of hydrogen-bond acceptors (Lipinski definition) is 2. The molecule has 2 unspecified atom stereocenters. The number of halogens is 1. The molecule has 2 atom stereocenters. The summed E-state index contributed by atoms with van der Waals surface area (Å²) in [5.41, 5.74) is 2.45. The van der Waals surface area contributed by atoms with Crippen molar-refractivity contribution in [2.24, 2.45) is 16.8 Å². The van der Waals surface area contributed by atoms with Crippen LogP contribution in [-0.4, -0.2) is 19.8 Å². The lowest BCUT2D eigenvalue weighted by molar-refractivity contribution is 0.399. The smallest absolute Gasteiger partial charge is 0.0366 e. The summed E-state index contributed by atoms with van der Waals surface area (Å²) in [6, 6.07) is 0. The van der Waals surface area contributed by atoms with Gasteiger partial charge in [0.25, 0.3) is 0 Å². The minimum atomic E-state index is 0.514. The Morgan fingerprint density at radius 3 is 2.96 bits per heavy atom. The van der Waals surface area contributed by atoms with Crippen LogP contribution >= 0.6 is 11.6 Å². The van der Waals surface area contributed by atoms with Gasteiger partial charge in [0.1, 0.15) is 0 Å². The first kappa shape index (κ1) is 20.2. The zero-order valence-corrected chi connectivity index (χ0v) is 15.8. The molecule has 0 heterocycles. The molecule has 0 fully saturated rings. The number of allylic oxidation sites excluding steroid dienone is 5. The van der Waals surface area contributed by atoms with Crippen LogP contribution in [0.25, 0.3) is 0 Å². The molecule has 1 N–H and O–H groups in total. The highest BCUT2D eigenvalue weighted by Crippen LogP contribution is 2.31. The molecule has 130 valence electrons. The van der Waals surface area contributed by atoms with Gasteiger partial charge >= 0.3 is 0 Å². The molecular weight excluding hydrogens is 304 g/mol. The van der Waals surface area contributed by atoms with E-state index in [1.807, 2.05) is 0 Å². The minimum absolute atomic E-state index is 0.514. The molecule has 0 aliphatic heterocycles. The van der Waals surface area contributed by atoms with Crippen molar-refractivity contribution in [1.29, 1.82) is 0 Å². The van der Waals surface area contributed by atoms with E-state index >= 15 is 0 Å². The van der Waals surface area contributed by atoms with Gasteiger partial charge in [0.05, 0.1) is 0 Å². The van der Waals surface area contributed by atoms with E-state index in [-0.39, 0.29) is 0 Å². The molecule has 23 heavy (non-hydrogen) atoms. The lowest BCUT2D eigenvalue weighted by atomic mass is 9.88. The number of rotatable bonds is 9. The van der Waals surface area contributed by atoms with Crippen LogP contribution in [0.2, 0.25) is 0 Å². The predicted molar refractivity (Wildman–Crippen MR) is 104 cm³/mol. The summed E-state index contributed by atoms with van der Waals surface area (Å²) in [6.07, 6.45) is 13.5. The molecule has 1 aliphatic rings. The first-order valence-electron chi connectivity index (χ1n) is 9.03. The molecule has 0 bridgehead atoms. The number of nitrogens with one attached hydrogen (secondary N) is 1. The van der Waals surface area contributed by atoms with E-state index in [1.165, 1.54) is 24.8 Å². The lowest BCUT2D eigenvalue weighted by Crippen LogP contribution is -2.23. The summed E-state index contributed by atoms with van der Waals surface area (Å²) < 4.78 is 0. The molecule has 0 saturated heterocycles. The van der Waals surface area contributed by atoms with E-state index in [4.69, 9.17) is 11.6 Å². The Morgan fingerprint density at radius 1 is 1.52 bits per heavy atom. The highest BCUT2D eigenvalue weighted by atomic mass is 35.5. The topological polar surface area (TPSA) is 24.4 Å². The molecule has 3 heteroatoms. The van der Waals surface area contributed by atoms with Crippen molar-refractivity contribution in [3.05, 3.63) is 34.5 Å². The van der Waals surface area contributed by atoms with Crippen LogP contribution < -0.4 is 5.32 Å². The van der Waals surface area contributed by atoms with Crippen molar-refractivity contribution in [2.75, 3.05) is 13.1 Å². The molecule has 0 radical (unpaired) electrons. The summed E-state index contributed by atoms with van der Waals surface area (Å²) >= 11 is 6.59. The third-order valence-corrected chi connectivity index (χ3v) is 4.93. The summed E-state index contributed by atoms with van der Waals surface area (Å²) in [5, 5.41) is 4.55. The minimum Gasteiger partial charge on any atom is -0.313 e. The maximum Gasteiger partial charge on any atom is 0.0366 e. The second-order valence-electron chi connectivity index (χ2n) is 6.50. The van der Waals surface area contributed by atoms with E-state index in [0.717, 1.165) is 43.1 Å². The van der Waals surface area contributed by atoms with Crippen LogP contribution in [0, 0.1) is 11.8 Å². The molecule has 0 amide bonds. The van der Waals surface area contributed by atoms with Crippen molar-refractivity contribution in [2.45, 2.75) is 59.3 Å². The van der Waals surface area contributed by atoms with Gasteiger partial charge in [0.2, 0.25) is 0 Å². The quantitative estimate of drug-likeness (QED) is 0.414. The molecule has 1 rings (SSSR count). The number of aliphatic imine (C=N–C) groups is 1. The van der Waals surface area contributed by atoms with Crippen molar-refractivity contribution < 1.29 is 0 Å². The largest absolute Gasteiger partial charge is 0.313 e. The van der Waals surface area contributed by atoms with Gasteiger partial charge in [-0.05, 0) is 75.8 Å². The van der Waals surface area contributed by atoms with Gasteiger partial charge in [0, 0.05) is 17.3 Å². The molecule has 0 spiro atoms. The Bertz CT molecular complexity index is 449. The summed E-state index contributed by atoms with van der Waals surface area (Å²) in [7, 11) is 0. The normalized spacial score (nSPS) is 23.3. The van der Waals surface area contributed by atoms with Crippen LogP contribution in [0.3, 0.4) is 0 Å². The molecule has 0 aromatic heterocycles. The van der Waals surface area contributed by atoms with Gasteiger partial charge in [-0.15, -0.1) is 0 Å². The fraction of sp³-hybridized carbons (Fsp3) is 0.650. The van der Waals surface area contributed by atoms with Crippen molar-refractivity contribution in [3.8, 4) is 0 Å². The third-order valence-electron chi connectivity index (χ3n) is 4.51. The molecule has 0 saturated carbocycles. The van der Waals surface area contributed by atoms with Crippen molar-refractivity contribution in [3.63, 3.8) is 0 Å². The maximum absolute atomic E-state index is 6.59. The maximum atomic E-state index is 6.59. The van der Waals surface area contributed by atoms with Crippen molar-refractivity contribution >= 4 is 18.3 Å². The highest BCUT2D eigenvalue weighted by Gasteiger charge is 2.17. The fourth-order valence-corrected chi connectivity index (χ4v) is 3.37. The van der Waals surface area contributed by atoms with Gasteiger partial charge < -0.3 is 5.32 Å². The molecule has 2 nitrogen and oxygen atoms in total. The fourth-order valence-electron chi connectivity index (χ4n) is 3.03. The molecule has 1 aliphatic carbocycles. The van der Waals surface area contributed by atoms with Crippen molar-refractivity contribution in [1.82, 2.24) is 5.32 Å². The lowest BCUT2D eigenvalue weighted by Gasteiger charge is -2.22. The second-order valence-corrected chi connectivity index (χ2v) is 6.93. The van der Waals surface area contributed by atoms with E-state index in [9.17, 15) is 0 Å². The predicted octanol–water partition coefficient (Wildman–Crippen LogP) is 5.86. The average Bonchev–Trinajstić information content (AvgIpc) is 2.54. The molecular formula is C20H33ClN2. The summed E-state index contributed by atoms with van der Waals surface area (Å²) in [6.45, 7) is 12.1. The summed E-state index contributed by atoms with van der Waals surface area (Å²) in [4.78, 5) is 4.00. The van der Waals surface area contributed by atoms with Gasteiger partial charge in [-0.3, -0.25) is 4.99 Å². The SMILES string of the molecule is C=NC(=CCNCC(C)CC1CCC/C=C(/CC)C=C1Cl)CC. The third kappa shape index (κ3) is 7.99. The van der Waals surface area contributed by atoms with Crippen LogP contribution in [0.5, 0.6) is 0 Å². The Hall–Kier alpha value is -0.860. The van der Waals surface area contributed by atoms with Crippen LogP contribution in [0.15, 0.2) is 39.5 Å². The van der Waals surface area contributed by atoms with E-state index < -0.39 is 0 Å². The Labute approximate surface area is 147 Å². The van der Waals surface area contributed by atoms with Gasteiger partial charge in [0.15, 0.2) is 0 Å². The van der Waals surface area contributed by atoms with Gasteiger partial charge in [-0.25, -0.2) is 0 Å². The van der Waals surface area contributed by atoms with Gasteiger partial charge in [-0.2, -0.15) is 0 Å². The molecule has 0 aromatic carbocycles. The number of nitrogens with zero attached hydrogens (tertiary/aromatic N) is 1. The van der Waals surface area contributed by atoms with E-state index in [0.29, 0.717) is 11.8 Å². The Balaban J connectivity index is 2.44. The standard InChI is InChI=1S/C20H33ClN2/c1-5-17-9-7-8-10-18(20(21)14-17)13-16(3)15-23-12-11-19(6-2)22-4/h9,11,14,16,18,23H,4-8,10,12-13,15H2,1-3H3/b17-9-,19-11?,20-14?. The summed E-state index contributed by atoms with van der Waals surface area (Å²) in [5.74, 6) is 1.13. The van der Waals surface area contributed by atoms with E-state index in [1.54, 1.807) is 0 Å². The Kier molecular flexibility index (Phi) is 10.2. The van der Waals surface area contributed by atoms with E-state index in [2.05, 4.69) is 56.0 Å². The number of hydrogen-bond donors (Lipinski definition) is 1. The van der Waals surface area contributed by atoms with Crippen LogP contribution in [0.1, 0.15) is 59.3 Å². The molecule has 0 aromatic rings. The first-order chi connectivity index (χ1) is 11.1. The Morgan fingerprint density at radius 2 is 2.30 bits per heavy atom. The first-order valence-corrected chi connectivity index (χ1v) is 9.41. The highest BCUT2D eigenvalue weighted by molar-refractivity contribution is 6.30. The monoisotopic (exact) mass is 336 g/mol. The second kappa shape index (κ2) is 11.6. The van der Waals surface area contributed by atoms with Crippen LogP contribution in [-0.2, 0) is 0 Å². The van der Waals surface area contributed by atoms with Gasteiger partial charge in [-0.1, -0.05) is 44.0 Å².